The Labute approximate surface area is 137 Å². The van der Waals surface area contributed by atoms with E-state index in [0.29, 0.717) is 32.4 Å². The van der Waals surface area contributed by atoms with Crippen molar-refractivity contribution in [2.45, 2.75) is 46.0 Å². The van der Waals surface area contributed by atoms with Crippen LogP contribution in [-0.4, -0.2) is 35.6 Å². The molecule has 1 aromatic carbocycles. The molecule has 2 rings (SSSR count). The second-order valence-corrected chi connectivity index (χ2v) is 5.88. The predicted octanol–water partition coefficient (Wildman–Crippen LogP) is 2.63. The van der Waals surface area contributed by atoms with Gasteiger partial charge in [-0.25, -0.2) is 5.01 Å². The Morgan fingerprint density at radius 3 is 2.70 bits per heavy atom. The van der Waals surface area contributed by atoms with Gasteiger partial charge in [0.15, 0.2) is 0 Å². The van der Waals surface area contributed by atoms with E-state index < -0.39 is 0 Å². The van der Waals surface area contributed by atoms with Crippen molar-refractivity contribution in [1.29, 1.82) is 0 Å². The van der Waals surface area contributed by atoms with Gasteiger partial charge in [-0.1, -0.05) is 43.2 Å². The Morgan fingerprint density at radius 2 is 2.00 bits per heavy atom. The van der Waals surface area contributed by atoms with Crippen LogP contribution in [0.4, 0.5) is 0 Å². The molecule has 23 heavy (non-hydrogen) atoms. The Morgan fingerprint density at radius 1 is 1.26 bits per heavy atom. The highest BCUT2D eigenvalue weighted by Gasteiger charge is 2.21. The maximum Gasteiger partial charge on any atom is 0.243 e. The van der Waals surface area contributed by atoms with E-state index in [1.54, 1.807) is 0 Å². The molecule has 0 aliphatic carbocycles. The summed E-state index contributed by atoms with van der Waals surface area (Å²) in [7, 11) is 0. The maximum absolute atomic E-state index is 12.0. The van der Waals surface area contributed by atoms with Crippen molar-refractivity contribution in [3.05, 3.63) is 35.4 Å². The lowest BCUT2D eigenvalue weighted by molar-refractivity contribution is -0.132. The van der Waals surface area contributed by atoms with Crippen LogP contribution in [0.25, 0.3) is 0 Å². The van der Waals surface area contributed by atoms with E-state index in [1.165, 1.54) is 10.6 Å². The Hall–Kier alpha value is -2.17. The zero-order chi connectivity index (χ0) is 16.7. The molecule has 0 aromatic heterocycles. The van der Waals surface area contributed by atoms with Gasteiger partial charge in [0.05, 0.1) is 12.3 Å². The molecule has 5 heteroatoms. The first kappa shape index (κ1) is 17.2. The zero-order valence-electron chi connectivity index (χ0n) is 14.0. The molecule has 0 atom stereocenters. The van der Waals surface area contributed by atoms with Crippen molar-refractivity contribution in [3.8, 4) is 0 Å². The molecule has 0 radical (unpaired) electrons. The summed E-state index contributed by atoms with van der Waals surface area (Å²) in [5.41, 5.74) is 3.15. The first-order valence-electron chi connectivity index (χ1n) is 8.31. The summed E-state index contributed by atoms with van der Waals surface area (Å²) in [6.45, 7) is 5.16. The number of aryl methyl sites for hydroxylation is 1. The minimum Gasteiger partial charge on any atom is -0.356 e. The van der Waals surface area contributed by atoms with Crippen molar-refractivity contribution in [1.82, 2.24) is 10.3 Å². The third-order valence-corrected chi connectivity index (χ3v) is 3.89. The van der Waals surface area contributed by atoms with Gasteiger partial charge in [0.25, 0.3) is 0 Å². The summed E-state index contributed by atoms with van der Waals surface area (Å²) in [5.74, 6) is -0.0360. The number of nitrogens with one attached hydrogen (secondary N) is 1. The summed E-state index contributed by atoms with van der Waals surface area (Å²) in [4.78, 5) is 23.7. The topological polar surface area (TPSA) is 61.8 Å². The quantitative estimate of drug-likeness (QED) is 0.786. The highest BCUT2D eigenvalue weighted by Crippen LogP contribution is 2.16. The fraction of sp³-hybridized carbons (Fsp3) is 0.500. The largest absolute Gasteiger partial charge is 0.356 e. The third-order valence-electron chi connectivity index (χ3n) is 3.89. The fourth-order valence-electron chi connectivity index (χ4n) is 2.43. The number of hydrogen-bond acceptors (Lipinski definition) is 3. The summed E-state index contributed by atoms with van der Waals surface area (Å²) >= 11 is 0. The lowest BCUT2D eigenvalue weighted by atomic mass is 10.0. The highest BCUT2D eigenvalue weighted by molar-refractivity contribution is 6.04. The van der Waals surface area contributed by atoms with Gasteiger partial charge in [-0.05, 0) is 18.9 Å². The van der Waals surface area contributed by atoms with Crippen LogP contribution in [0.2, 0.25) is 0 Å². The number of rotatable bonds is 7. The molecule has 5 nitrogen and oxygen atoms in total. The van der Waals surface area contributed by atoms with Crippen molar-refractivity contribution in [2.75, 3.05) is 13.1 Å². The van der Waals surface area contributed by atoms with Crippen LogP contribution < -0.4 is 5.32 Å². The zero-order valence-corrected chi connectivity index (χ0v) is 14.0. The number of benzene rings is 1. The summed E-state index contributed by atoms with van der Waals surface area (Å²) in [5, 5.41) is 8.76. The highest BCUT2D eigenvalue weighted by atomic mass is 16.2. The van der Waals surface area contributed by atoms with Crippen LogP contribution in [0.1, 0.15) is 50.2 Å². The molecule has 0 fully saturated rings. The van der Waals surface area contributed by atoms with Crippen LogP contribution >= 0.6 is 0 Å². The van der Waals surface area contributed by atoms with Gasteiger partial charge in [0, 0.05) is 25.8 Å². The molecule has 1 aliphatic rings. The number of carbonyl (C=O) groups is 2. The molecule has 0 saturated heterocycles. The van der Waals surface area contributed by atoms with Gasteiger partial charge in [-0.3, -0.25) is 9.59 Å². The minimum atomic E-state index is -0.0242. The third kappa shape index (κ3) is 5.20. The van der Waals surface area contributed by atoms with E-state index in [1.807, 2.05) is 31.2 Å². The van der Waals surface area contributed by atoms with Crippen molar-refractivity contribution < 1.29 is 9.59 Å². The Kier molecular flexibility index (Phi) is 6.32. The number of amides is 2. The van der Waals surface area contributed by atoms with Gasteiger partial charge >= 0.3 is 0 Å². The Balaban J connectivity index is 1.94. The van der Waals surface area contributed by atoms with Crippen LogP contribution in [0.5, 0.6) is 0 Å². The van der Waals surface area contributed by atoms with E-state index in [2.05, 4.69) is 17.3 Å². The molecule has 1 N–H and O–H groups in total. The van der Waals surface area contributed by atoms with E-state index in [-0.39, 0.29) is 11.8 Å². The number of hydrogen-bond donors (Lipinski definition) is 1. The molecule has 2 amide bonds. The standard InChI is InChI=1S/C18H25N3O2/c1-3-4-12-19-17(22)11-13-21-18(23)10-9-16(20-21)15-7-5-14(2)6-8-15/h5-8H,3-4,9-13H2,1-2H3,(H,19,22). The number of unbranched alkanes of at least 4 members (excludes halogenated alkanes) is 1. The van der Waals surface area contributed by atoms with E-state index >= 15 is 0 Å². The molecule has 0 unspecified atom stereocenters. The van der Waals surface area contributed by atoms with Gasteiger partial charge in [0.1, 0.15) is 0 Å². The van der Waals surface area contributed by atoms with E-state index in [4.69, 9.17) is 0 Å². The summed E-state index contributed by atoms with van der Waals surface area (Å²) in [6.07, 6.45) is 3.42. The normalized spacial score (nSPS) is 14.6. The molecule has 1 heterocycles. The smallest absolute Gasteiger partial charge is 0.243 e. The lowest BCUT2D eigenvalue weighted by Crippen LogP contribution is -2.35. The molecule has 1 aromatic rings. The predicted molar refractivity (Wildman–Crippen MR) is 91.2 cm³/mol. The summed E-state index contributed by atoms with van der Waals surface area (Å²) in [6, 6.07) is 8.14. The monoisotopic (exact) mass is 315 g/mol. The number of hydrazone groups is 1. The second-order valence-electron chi connectivity index (χ2n) is 5.88. The Bertz CT molecular complexity index is 578. The van der Waals surface area contributed by atoms with Gasteiger partial charge in [0.2, 0.25) is 11.8 Å². The van der Waals surface area contributed by atoms with E-state index in [0.717, 1.165) is 24.1 Å². The second kappa shape index (κ2) is 8.46. The van der Waals surface area contributed by atoms with Crippen LogP contribution in [0.3, 0.4) is 0 Å². The van der Waals surface area contributed by atoms with Crippen LogP contribution in [-0.2, 0) is 9.59 Å². The maximum atomic E-state index is 12.0. The van der Waals surface area contributed by atoms with Crippen LogP contribution in [0, 0.1) is 6.92 Å². The van der Waals surface area contributed by atoms with Crippen molar-refractivity contribution >= 4 is 17.5 Å². The van der Waals surface area contributed by atoms with E-state index in [9.17, 15) is 9.59 Å². The number of carbonyl (C=O) groups excluding carboxylic acids is 2. The molecule has 1 aliphatic heterocycles. The van der Waals surface area contributed by atoms with Gasteiger partial charge in [-0.15, -0.1) is 0 Å². The lowest BCUT2D eigenvalue weighted by Gasteiger charge is -2.23. The molecule has 0 bridgehead atoms. The van der Waals surface area contributed by atoms with Crippen molar-refractivity contribution in [3.63, 3.8) is 0 Å². The van der Waals surface area contributed by atoms with Crippen LogP contribution in [0.15, 0.2) is 29.4 Å². The van der Waals surface area contributed by atoms with Gasteiger partial charge in [-0.2, -0.15) is 5.10 Å². The molecule has 0 saturated carbocycles. The summed E-state index contributed by atoms with van der Waals surface area (Å²) < 4.78 is 0. The first-order valence-corrected chi connectivity index (χ1v) is 8.31. The molecule has 0 spiro atoms. The molecular weight excluding hydrogens is 290 g/mol. The average Bonchev–Trinajstić information content (AvgIpc) is 2.55. The number of nitrogens with zero attached hydrogens (tertiary/aromatic N) is 2. The fourth-order valence-corrected chi connectivity index (χ4v) is 2.43. The minimum absolute atomic E-state index is 0.0118. The van der Waals surface area contributed by atoms with Crippen molar-refractivity contribution in [2.24, 2.45) is 5.10 Å². The molecular formula is C18H25N3O2. The first-order chi connectivity index (χ1) is 11.1. The average molecular weight is 315 g/mol. The molecule has 124 valence electrons. The SMILES string of the molecule is CCCCNC(=O)CCN1N=C(c2ccc(C)cc2)CCC1=O. The van der Waals surface area contributed by atoms with Gasteiger partial charge < -0.3 is 5.32 Å².